The summed E-state index contributed by atoms with van der Waals surface area (Å²) < 4.78 is 2.01. The van der Waals surface area contributed by atoms with Crippen LogP contribution in [0.2, 0.25) is 0 Å². The predicted molar refractivity (Wildman–Crippen MR) is 70.1 cm³/mol. The number of nitrogens with zero attached hydrogens (tertiary/aromatic N) is 3. The first kappa shape index (κ1) is 10.9. The van der Waals surface area contributed by atoms with Crippen LogP contribution in [-0.2, 0) is 13.0 Å². The first-order valence-electron chi connectivity index (χ1n) is 5.93. The zero-order chi connectivity index (χ0) is 12.4. The summed E-state index contributed by atoms with van der Waals surface area (Å²) in [4.78, 5) is 0. The Hall–Kier alpha value is -2.20. The highest BCUT2D eigenvalue weighted by Gasteiger charge is 2.06. The second-order valence-corrected chi connectivity index (χ2v) is 4.25. The number of nitrogens with two attached hydrogens (primary N) is 1. The first-order valence-corrected chi connectivity index (χ1v) is 5.93. The van der Waals surface area contributed by atoms with Gasteiger partial charge in [0.2, 0.25) is 0 Å². The molecule has 2 aromatic heterocycles. The van der Waals surface area contributed by atoms with Crippen molar-refractivity contribution in [2.45, 2.75) is 13.0 Å². The van der Waals surface area contributed by atoms with Crippen LogP contribution in [0.4, 0.5) is 0 Å². The molecule has 0 spiro atoms. The Balaban J connectivity index is 1.98. The Morgan fingerprint density at radius 2 is 1.83 bits per heavy atom. The molecule has 0 aliphatic heterocycles. The summed E-state index contributed by atoms with van der Waals surface area (Å²) in [7, 11) is 0. The molecule has 0 aliphatic carbocycles. The molecule has 2 heterocycles. The summed E-state index contributed by atoms with van der Waals surface area (Å²) in [6.07, 6.45) is 2.76. The summed E-state index contributed by atoms with van der Waals surface area (Å²) in [5, 5.41) is 8.42. The van der Waals surface area contributed by atoms with Crippen molar-refractivity contribution >= 4 is 5.65 Å². The standard InChI is InChI=1S/C14H14N4/c15-10-12-6-7-18-13(16-17-14(18)9-12)8-11-4-2-1-3-5-11/h1-7,9H,8,10,15H2. The summed E-state index contributed by atoms with van der Waals surface area (Å²) in [5.41, 5.74) is 8.77. The molecule has 3 rings (SSSR count). The molecule has 0 fully saturated rings. The maximum atomic E-state index is 5.61. The lowest BCUT2D eigenvalue weighted by Gasteiger charge is -2.01. The molecule has 2 N–H and O–H groups in total. The zero-order valence-corrected chi connectivity index (χ0v) is 9.95. The smallest absolute Gasteiger partial charge is 0.161 e. The molecule has 4 nitrogen and oxygen atoms in total. The fourth-order valence-corrected chi connectivity index (χ4v) is 2.01. The Kier molecular flexibility index (Phi) is 2.78. The average molecular weight is 238 g/mol. The third-order valence-electron chi connectivity index (χ3n) is 2.99. The summed E-state index contributed by atoms with van der Waals surface area (Å²) in [6.45, 7) is 0.525. The zero-order valence-electron chi connectivity index (χ0n) is 9.95. The summed E-state index contributed by atoms with van der Waals surface area (Å²) >= 11 is 0. The van der Waals surface area contributed by atoms with E-state index < -0.39 is 0 Å². The van der Waals surface area contributed by atoms with Crippen molar-refractivity contribution in [2.24, 2.45) is 5.73 Å². The fourth-order valence-electron chi connectivity index (χ4n) is 2.01. The van der Waals surface area contributed by atoms with Crippen molar-refractivity contribution in [3.63, 3.8) is 0 Å². The number of rotatable bonds is 3. The van der Waals surface area contributed by atoms with E-state index in [4.69, 9.17) is 5.73 Å². The lowest BCUT2D eigenvalue weighted by atomic mass is 10.1. The Bertz CT molecular complexity index is 658. The van der Waals surface area contributed by atoms with Crippen molar-refractivity contribution < 1.29 is 0 Å². The third-order valence-corrected chi connectivity index (χ3v) is 2.99. The fraction of sp³-hybridized carbons (Fsp3) is 0.143. The van der Waals surface area contributed by atoms with Gasteiger partial charge >= 0.3 is 0 Å². The normalized spacial score (nSPS) is 10.9. The van der Waals surface area contributed by atoms with Crippen LogP contribution in [-0.4, -0.2) is 14.6 Å². The largest absolute Gasteiger partial charge is 0.326 e. The molecule has 3 aromatic rings. The molecule has 0 aliphatic rings. The highest BCUT2D eigenvalue weighted by molar-refractivity contribution is 5.41. The van der Waals surface area contributed by atoms with Gasteiger partial charge in [-0.25, -0.2) is 0 Å². The number of benzene rings is 1. The molecule has 0 bridgehead atoms. The third kappa shape index (κ3) is 1.98. The minimum Gasteiger partial charge on any atom is -0.326 e. The van der Waals surface area contributed by atoms with Gasteiger partial charge < -0.3 is 5.73 Å². The number of aromatic nitrogens is 3. The number of pyridine rings is 1. The first-order chi connectivity index (χ1) is 8.86. The second kappa shape index (κ2) is 4.58. The van der Waals surface area contributed by atoms with E-state index >= 15 is 0 Å². The van der Waals surface area contributed by atoms with Gasteiger partial charge in [-0.05, 0) is 23.3 Å². The number of hydrogen-bond donors (Lipinski definition) is 1. The quantitative estimate of drug-likeness (QED) is 0.756. The lowest BCUT2D eigenvalue weighted by molar-refractivity contribution is 0.932. The van der Waals surface area contributed by atoms with Crippen LogP contribution >= 0.6 is 0 Å². The molecule has 0 saturated carbocycles. The van der Waals surface area contributed by atoms with Crippen LogP contribution in [0, 0.1) is 0 Å². The SMILES string of the molecule is NCc1ccn2c(Cc3ccccc3)nnc2c1. The maximum absolute atomic E-state index is 5.61. The molecule has 4 heteroatoms. The minimum atomic E-state index is 0.525. The Morgan fingerprint density at radius 1 is 1.00 bits per heavy atom. The average Bonchev–Trinajstić information content (AvgIpc) is 2.82. The van der Waals surface area contributed by atoms with Crippen LogP contribution in [0.5, 0.6) is 0 Å². The van der Waals surface area contributed by atoms with Gasteiger partial charge in [-0.1, -0.05) is 30.3 Å². The lowest BCUT2D eigenvalue weighted by Crippen LogP contribution is -1.99. The van der Waals surface area contributed by atoms with Crippen molar-refractivity contribution in [3.05, 3.63) is 65.6 Å². The van der Waals surface area contributed by atoms with E-state index in [0.717, 1.165) is 23.5 Å². The maximum Gasteiger partial charge on any atom is 0.161 e. The van der Waals surface area contributed by atoms with E-state index in [9.17, 15) is 0 Å². The van der Waals surface area contributed by atoms with Crippen LogP contribution in [0.3, 0.4) is 0 Å². The van der Waals surface area contributed by atoms with Crippen molar-refractivity contribution in [1.82, 2.24) is 14.6 Å². The molecular weight excluding hydrogens is 224 g/mol. The molecule has 0 amide bonds. The van der Waals surface area contributed by atoms with Crippen LogP contribution < -0.4 is 5.73 Å². The topological polar surface area (TPSA) is 56.2 Å². The molecule has 18 heavy (non-hydrogen) atoms. The highest BCUT2D eigenvalue weighted by atomic mass is 15.2. The van der Waals surface area contributed by atoms with E-state index in [1.54, 1.807) is 0 Å². The van der Waals surface area contributed by atoms with Gasteiger partial charge in [0, 0.05) is 19.2 Å². The number of fused-ring (bicyclic) bond motifs is 1. The molecule has 0 radical (unpaired) electrons. The van der Waals surface area contributed by atoms with E-state index in [2.05, 4.69) is 22.3 Å². The van der Waals surface area contributed by atoms with Crippen LogP contribution in [0.15, 0.2) is 48.7 Å². The number of hydrogen-bond acceptors (Lipinski definition) is 3. The van der Waals surface area contributed by atoms with Crippen molar-refractivity contribution in [2.75, 3.05) is 0 Å². The molecule has 1 aromatic carbocycles. The van der Waals surface area contributed by atoms with Gasteiger partial charge in [0.1, 0.15) is 5.82 Å². The van der Waals surface area contributed by atoms with E-state index in [-0.39, 0.29) is 0 Å². The minimum absolute atomic E-state index is 0.525. The van der Waals surface area contributed by atoms with E-state index in [0.29, 0.717) is 6.54 Å². The van der Waals surface area contributed by atoms with Gasteiger partial charge in [0.05, 0.1) is 0 Å². The van der Waals surface area contributed by atoms with Gasteiger partial charge in [-0.15, -0.1) is 10.2 Å². The van der Waals surface area contributed by atoms with Gasteiger partial charge in [-0.3, -0.25) is 4.40 Å². The van der Waals surface area contributed by atoms with Crippen LogP contribution in [0.25, 0.3) is 5.65 Å². The summed E-state index contributed by atoms with van der Waals surface area (Å²) in [6, 6.07) is 14.2. The molecule has 0 atom stereocenters. The Labute approximate surface area is 105 Å². The van der Waals surface area contributed by atoms with E-state index in [1.807, 2.05) is 40.9 Å². The highest BCUT2D eigenvalue weighted by Crippen LogP contribution is 2.11. The molecule has 0 saturated heterocycles. The molecule has 0 unspecified atom stereocenters. The van der Waals surface area contributed by atoms with Gasteiger partial charge in [0.25, 0.3) is 0 Å². The molecule has 90 valence electrons. The predicted octanol–water partition coefficient (Wildman–Crippen LogP) is 1.78. The Morgan fingerprint density at radius 3 is 2.61 bits per heavy atom. The van der Waals surface area contributed by atoms with Crippen molar-refractivity contribution in [1.29, 1.82) is 0 Å². The van der Waals surface area contributed by atoms with Crippen molar-refractivity contribution in [3.8, 4) is 0 Å². The second-order valence-electron chi connectivity index (χ2n) is 4.25. The van der Waals surface area contributed by atoms with Gasteiger partial charge in [0.15, 0.2) is 5.65 Å². The summed E-state index contributed by atoms with van der Waals surface area (Å²) in [5.74, 6) is 0.944. The monoisotopic (exact) mass is 238 g/mol. The van der Waals surface area contributed by atoms with E-state index in [1.165, 1.54) is 5.56 Å². The van der Waals surface area contributed by atoms with Crippen LogP contribution in [0.1, 0.15) is 17.0 Å². The van der Waals surface area contributed by atoms with Gasteiger partial charge in [-0.2, -0.15) is 0 Å². The molecular formula is C14H14N4.